The van der Waals surface area contributed by atoms with Gasteiger partial charge in [0.1, 0.15) is 0 Å². The van der Waals surface area contributed by atoms with Crippen LogP contribution in [0.25, 0.3) is 0 Å². The van der Waals surface area contributed by atoms with Crippen LogP contribution in [0.5, 0.6) is 0 Å². The minimum atomic E-state index is -0.497. The Morgan fingerprint density at radius 2 is 1.71 bits per heavy atom. The Morgan fingerprint density at radius 1 is 1.08 bits per heavy atom. The van der Waals surface area contributed by atoms with Gasteiger partial charge in [-0.15, -0.1) is 0 Å². The fraction of sp³-hybridized carbons (Fsp3) is 0.389. The molecule has 3 amide bonds. The lowest BCUT2D eigenvalue weighted by atomic mass is 9.63. The van der Waals surface area contributed by atoms with E-state index in [1.54, 1.807) is 18.2 Å². The fourth-order valence-corrected chi connectivity index (χ4v) is 5.05. The van der Waals surface area contributed by atoms with Crippen molar-refractivity contribution in [3.05, 3.63) is 47.0 Å². The highest BCUT2D eigenvalue weighted by molar-refractivity contribution is 6.31. The molecule has 6 atom stereocenters. The Balaban J connectivity index is 1.41. The molecule has 4 aliphatic carbocycles. The number of rotatable bonds is 2. The normalized spacial score (nSPS) is 38.1. The number of hydrazine groups is 1. The zero-order valence-corrected chi connectivity index (χ0v) is 13.4. The van der Waals surface area contributed by atoms with Gasteiger partial charge < -0.3 is 0 Å². The second kappa shape index (κ2) is 4.70. The van der Waals surface area contributed by atoms with Gasteiger partial charge in [-0.05, 0) is 48.3 Å². The molecular formula is C18H15ClN2O3. The molecule has 24 heavy (non-hydrogen) atoms. The predicted octanol–water partition coefficient (Wildman–Crippen LogP) is 2.04. The van der Waals surface area contributed by atoms with E-state index in [-0.39, 0.29) is 35.5 Å². The number of allylic oxidation sites excluding steroid dienone is 2. The summed E-state index contributed by atoms with van der Waals surface area (Å²) in [4.78, 5) is 37.9. The van der Waals surface area contributed by atoms with Crippen LogP contribution in [-0.2, 0) is 9.59 Å². The molecule has 2 saturated carbocycles. The molecule has 5 aliphatic rings. The quantitative estimate of drug-likeness (QED) is 0.660. The molecule has 0 spiro atoms. The number of hydrogen-bond donors (Lipinski definition) is 1. The predicted molar refractivity (Wildman–Crippen MR) is 85.5 cm³/mol. The molecule has 6 heteroatoms. The minimum absolute atomic E-state index is 0.148. The van der Waals surface area contributed by atoms with E-state index in [2.05, 4.69) is 17.6 Å². The second-order valence-electron chi connectivity index (χ2n) is 7.12. The number of carbonyl (C=O) groups is 3. The fourth-order valence-electron chi connectivity index (χ4n) is 4.86. The molecule has 122 valence electrons. The van der Waals surface area contributed by atoms with E-state index >= 15 is 0 Å². The highest BCUT2D eigenvalue weighted by Gasteiger charge is 2.67. The molecule has 1 N–H and O–H groups in total. The van der Waals surface area contributed by atoms with Gasteiger partial charge in [0.15, 0.2) is 0 Å². The van der Waals surface area contributed by atoms with Gasteiger partial charge in [0, 0.05) is 10.6 Å². The Morgan fingerprint density at radius 3 is 2.29 bits per heavy atom. The van der Waals surface area contributed by atoms with Crippen LogP contribution < -0.4 is 5.43 Å². The third-order valence-electron chi connectivity index (χ3n) is 5.96. The van der Waals surface area contributed by atoms with E-state index in [4.69, 9.17) is 11.6 Å². The topological polar surface area (TPSA) is 66.5 Å². The molecule has 3 fully saturated rings. The van der Waals surface area contributed by atoms with Gasteiger partial charge in [0.25, 0.3) is 17.7 Å². The van der Waals surface area contributed by atoms with Crippen molar-refractivity contribution in [3.63, 3.8) is 0 Å². The first kappa shape index (κ1) is 14.2. The van der Waals surface area contributed by atoms with Crippen molar-refractivity contribution in [2.75, 3.05) is 0 Å². The molecule has 1 heterocycles. The minimum Gasteiger partial charge on any atom is -0.272 e. The zero-order valence-electron chi connectivity index (χ0n) is 12.7. The first-order valence-corrected chi connectivity index (χ1v) is 8.57. The summed E-state index contributed by atoms with van der Waals surface area (Å²) in [6, 6.07) is 6.42. The van der Waals surface area contributed by atoms with Crippen molar-refractivity contribution in [2.45, 2.75) is 6.42 Å². The number of carbonyl (C=O) groups excluding carboxylic acids is 3. The smallest absolute Gasteiger partial charge is 0.270 e. The van der Waals surface area contributed by atoms with Gasteiger partial charge >= 0.3 is 0 Å². The van der Waals surface area contributed by atoms with Gasteiger partial charge in [0.05, 0.1) is 11.8 Å². The number of hydrogen-bond acceptors (Lipinski definition) is 3. The third-order valence-corrected chi connectivity index (χ3v) is 6.20. The first-order valence-electron chi connectivity index (χ1n) is 8.19. The van der Waals surface area contributed by atoms with Gasteiger partial charge in [0.2, 0.25) is 0 Å². The molecule has 1 saturated heterocycles. The molecule has 6 rings (SSSR count). The average molecular weight is 343 g/mol. The van der Waals surface area contributed by atoms with E-state index in [0.29, 0.717) is 22.4 Å². The maximum atomic E-state index is 12.8. The summed E-state index contributed by atoms with van der Waals surface area (Å²) in [6.07, 6.45) is 5.33. The lowest BCUT2D eigenvalue weighted by Crippen LogP contribution is -2.46. The summed E-state index contributed by atoms with van der Waals surface area (Å²) < 4.78 is 0. The maximum Gasteiger partial charge on any atom is 0.270 e. The van der Waals surface area contributed by atoms with Crippen molar-refractivity contribution in [1.29, 1.82) is 0 Å². The Hall–Kier alpha value is -2.14. The molecule has 0 aromatic heterocycles. The Kier molecular flexibility index (Phi) is 2.78. The summed E-state index contributed by atoms with van der Waals surface area (Å²) in [5.74, 6) is -0.280. The number of halogens is 1. The monoisotopic (exact) mass is 342 g/mol. The third kappa shape index (κ3) is 1.79. The highest BCUT2D eigenvalue weighted by Crippen LogP contribution is 2.65. The van der Waals surface area contributed by atoms with Crippen LogP contribution in [0.2, 0.25) is 5.02 Å². The molecule has 2 bridgehead atoms. The summed E-state index contributed by atoms with van der Waals surface area (Å²) in [7, 11) is 0. The number of amides is 3. The van der Waals surface area contributed by atoms with E-state index in [1.807, 2.05) is 0 Å². The summed E-state index contributed by atoms with van der Waals surface area (Å²) in [5.41, 5.74) is 2.81. The summed E-state index contributed by atoms with van der Waals surface area (Å²) >= 11 is 5.89. The number of imide groups is 1. The lowest BCUT2D eigenvalue weighted by Gasteiger charge is -2.37. The van der Waals surface area contributed by atoms with Gasteiger partial charge in [-0.3, -0.25) is 19.8 Å². The largest absolute Gasteiger partial charge is 0.272 e. The molecule has 1 aromatic carbocycles. The SMILES string of the molecule is O=C(NN1C(=O)[C@@H]2[C@@H]3C=C[C@@H]([C@H]4C[C@H]34)[C@@H]2C1=O)c1cccc(Cl)c1. The second-order valence-corrected chi connectivity index (χ2v) is 7.55. The van der Waals surface area contributed by atoms with Crippen molar-refractivity contribution in [2.24, 2.45) is 35.5 Å². The lowest BCUT2D eigenvalue weighted by molar-refractivity contribution is -0.143. The van der Waals surface area contributed by atoms with E-state index in [1.165, 1.54) is 6.07 Å². The van der Waals surface area contributed by atoms with Crippen LogP contribution in [0.4, 0.5) is 0 Å². The van der Waals surface area contributed by atoms with Crippen LogP contribution in [0.15, 0.2) is 36.4 Å². The molecule has 5 nitrogen and oxygen atoms in total. The van der Waals surface area contributed by atoms with Crippen LogP contribution in [-0.4, -0.2) is 22.7 Å². The first-order chi connectivity index (χ1) is 11.6. The standard InChI is InChI=1S/C18H15ClN2O3/c19-9-3-1-2-8(6-9)16(22)20-21-17(23)14-10-4-5-11(13-7-12(10)13)15(14)18(21)24/h1-6,10-15H,7H2,(H,20,22)/t10-,11+,12-,13-,14-,15+/m1/s1. The number of nitrogens with zero attached hydrogens (tertiary/aromatic N) is 1. The van der Waals surface area contributed by atoms with Crippen LogP contribution >= 0.6 is 11.6 Å². The van der Waals surface area contributed by atoms with E-state index in [9.17, 15) is 14.4 Å². The van der Waals surface area contributed by atoms with Gasteiger partial charge in [-0.1, -0.05) is 29.8 Å². The number of nitrogens with one attached hydrogen (secondary N) is 1. The van der Waals surface area contributed by atoms with Gasteiger partial charge in [-0.25, -0.2) is 0 Å². The Labute approximate surface area is 143 Å². The molecule has 1 aliphatic heterocycles. The molecule has 0 unspecified atom stereocenters. The van der Waals surface area contributed by atoms with Crippen LogP contribution in [0.3, 0.4) is 0 Å². The zero-order chi connectivity index (χ0) is 16.6. The maximum absolute atomic E-state index is 12.8. The highest BCUT2D eigenvalue weighted by atomic mass is 35.5. The Bertz CT molecular complexity index is 784. The van der Waals surface area contributed by atoms with Crippen molar-refractivity contribution in [1.82, 2.24) is 10.4 Å². The van der Waals surface area contributed by atoms with E-state index < -0.39 is 5.91 Å². The molecular weight excluding hydrogens is 328 g/mol. The van der Waals surface area contributed by atoms with Crippen molar-refractivity contribution in [3.8, 4) is 0 Å². The van der Waals surface area contributed by atoms with Crippen molar-refractivity contribution >= 4 is 29.3 Å². The molecule has 0 radical (unpaired) electrons. The molecule has 1 aromatic rings. The number of benzene rings is 1. The summed E-state index contributed by atoms with van der Waals surface area (Å²) in [6.45, 7) is 0. The summed E-state index contributed by atoms with van der Waals surface area (Å²) in [5, 5.41) is 1.37. The van der Waals surface area contributed by atoms with Crippen LogP contribution in [0.1, 0.15) is 16.8 Å². The van der Waals surface area contributed by atoms with Crippen LogP contribution in [0, 0.1) is 35.5 Å². The average Bonchev–Trinajstić information content (AvgIpc) is 3.36. The van der Waals surface area contributed by atoms with Gasteiger partial charge in [-0.2, -0.15) is 5.01 Å². The van der Waals surface area contributed by atoms with E-state index in [0.717, 1.165) is 11.4 Å². The van der Waals surface area contributed by atoms with Crippen molar-refractivity contribution < 1.29 is 14.4 Å².